The van der Waals surface area contributed by atoms with Crippen LogP contribution < -0.4 is 5.32 Å². The van der Waals surface area contributed by atoms with Gasteiger partial charge in [0.1, 0.15) is 23.6 Å². The molecule has 5 nitrogen and oxygen atoms in total. The largest absolute Gasteiger partial charge is 0.446 e. The number of carbonyl (C=O) groups is 1. The van der Waals surface area contributed by atoms with Crippen LogP contribution in [0.3, 0.4) is 0 Å². The molecule has 30 heavy (non-hydrogen) atoms. The number of amides is 1. The van der Waals surface area contributed by atoms with E-state index in [1.807, 2.05) is 0 Å². The monoisotopic (exact) mass is 418 g/mol. The molecule has 1 saturated carbocycles. The van der Waals surface area contributed by atoms with E-state index in [0.29, 0.717) is 29.5 Å². The number of aliphatic hydroxyl groups is 1. The summed E-state index contributed by atoms with van der Waals surface area (Å²) < 4.78 is 47.0. The number of halogens is 3. The zero-order chi connectivity index (χ0) is 21.4. The summed E-state index contributed by atoms with van der Waals surface area (Å²) in [7, 11) is 0. The van der Waals surface area contributed by atoms with Crippen LogP contribution in [-0.4, -0.2) is 34.9 Å². The molecule has 0 bridgehead atoms. The first-order valence-corrected chi connectivity index (χ1v) is 9.71. The first kappa shape index (κ1) is 20.3. The highest BCUT2D eigenvalue weighted by Crippen LogP contribution is 2.46. The molecule has 4 rings (SSSR count). The van der Waals surface area contributed by atoms with E-state index in [1.165, 1.54) is 18.2 Å². The SMILES string of the molecule is C[C@H](O)CNC(=O)OC1CC(c2c(-c3ccc(F)cc3)[nH]c3c(F)cc(F)cc23)C1. The normalized spacial score (nSPS) is 19.4. The van der Waals surface area contributed by atoms with Crippen molar-refractivity contribution >= 4 is 17.0 Å². The Morgan fingerprint density at radius 3 is 2.57 bits per heavy atom. The fourth-order valence-corrected chi connectivity index (χ4v) is 3.83. The lowest BCUT2D eigenvalue weighted by Gasteiger charge is -2.35. The minimum absolute atomic E-state index is 0.0880. The molecule has 1 aliphatic rings. The molecule has 0 aliphatic heterocycles. The second-order valence-electron chi connectivity index (χ2n) is 7.66. The van der Waals surface area contributed by atoms with Crippen molar-refractivity contribution in [3.8, 4) is 11.3 Å². The molecule has 3 N–H and O–H groups in total. The summed E-state index contributed by atoms with van der Waals surface area (Å²) in [6.07, 6.45) is -0.661. The van der Waals surface area contributed by atoms with Gasteiger partial charge in [0, 0.05) is 18.0 Å². The summed E-state index contributed by atoms with van der Waals surface area (Å²) in [4.78, 5) is 14.8. The quantitative estimate of drug-likeness (QED) is 0.567. The van der Waals surface area contributed by atoms with Gasteiger partial charge in [0.05, 0.1) is 17.3 Å². The van der Waals surface area contributed by atoms with Crippen LogP contribution in [-0.2, 0) is 4.74 Å². The van der Waals surface area contributed by atoms with Crippen molar-refractivity contribution in [1.82, 2.24) is 10.3 Å². The topological polar surface area (TPSA) is 74.3 Å². The molecule has 0 saturated heterocycles. The molecule has 158 valence electrons. The second kappa shape index (κ2) is 8.02. The van der Waals surface area contributed by atoms with Crippen LogP contribution in [0.25, 0.3) is 22.2 Å². The number of aromatic nitrogens is 1. The summed E-state index contributed by atoms with van der Waals surface area (Å²) in [6.45, 7) is 1.64. The first-order chi connectivity index (χ1) is 14.3. The van der Waals surface area contributed by atoms with Gasteiger partial charge in [0.25, 0.3) is 0 Å². The summed E-state index contributed by atoms with van der Waals surface area (Å²) in [5, 5.41) is 12.1. The third-order valence-electron chi connectivity index (χ3n) is 5.32. The Balaban J connectivity index is 1.61. The van der Waals surface area contributed by atoms with E-state index in [4.69, 9.17) is 4.74 Å². The number of hydrogen-bond donors (Lipinski definition) is 3. The molecule has 1 aromatic heterocycles. The number of alkyl carbamates (subject to hydrolysis) is 1. The number of fused-ring (bicyclic) bond motifs is 1. The molecule has 0 unspecified atom stereocenters. The van der Waals surface area contributed by atoms with Crippen LogP contribution in [0.4, 0.5) is 18.0 Å². The highest BCUT2D eigenvalue weighted by Gasteiger charge is 2.37. The van der Waals surface area contributed by atoms with Crippen molar-refractivity contribution in [1.29, 1.82) is 0 Å². The van der Waals surface area contributed by atoms with Crippen molar-refractivity contribution < 1.29 is 27.8 Å². The van der Waals surface area contributed by atoms with Gasteiger partial charge >= 0.3 is 6.09 Å². The molecule has 1 atom stereocenters. The summed E-state index contributed by atoms with van der Waals surface area (Å²) in [5.41, 5.74) is 2.15. The molecule has 1 amide bonds. The van der Waals surface area contributed by atoms with E-state index in [-0.39, 0.29) is 24.1 Å². The van der Waals surface area contributed by atoms with Gasteiger partial charge in [0.2, 0.25) is 0 Å². The van der Waals surface area contributed by atoms with E-state index in [9.17, 15) is 23.1 Å². The molecular weight excluding hydrogens is 397 g/mol. The number of aromatic amines is 1. The average Bonchev–Trinajstić information content (AvgIpc) is 3.02. The molecule has 0 radical (unpaired) electrons. The molecule has 8 heteroatoms. The smallest absolute Gasteiger partial charge is 0.407 e. The average molecular weight is 418 g/mol. The Kier molecular flexibility index (Phi) is 5.42. The van der Waals surface area contributed by atoms with Crippen LogP contribution in [0.5, 0.6) is 0 Å². The number of nitrogens with one attached hydrogen (secondary N) is 2. The summed E-state index contributed by atoms with van der Waals surface area (Å²) in [6, 6.07) is 7.86. The van der Waals surface area contributed by atoms with Gasteiger partial charge in [-0.3, -0.25) is 0 Å². The van der Waals surface area contributed by atoms with E-state index >= 15 is 0 Å². The molecular formula is C22H21F3N2O3. The van der Waals surface area contributed by atoms with Crippen molar-refractivity contribution in [3.63, 3.8) is 0 Å². The predicted octanol–water partition coefficient (Wildman–Crippen LogP) is 4.61. The van der Waals surface area contributed by atoms with Crippen LogP contribution in [0, 0.1) is 17.5 Å². The van der Waals surface area contributed by atoms with E-state index in [1.54, 1.807) is 19.1 Å². The molecule has 1 heterocycles. The minimum Gasteiger partial charge on any atom is -0.446 e. The Labute approximate surface area is 170 Å². The van der Waals surface area contributed by atoms with Crippen molar-refractivity contribution in [3.05, 3.63) is 59.4 Å². The number of carbonyl (C=O) groups excluding carboxylic acids is 1. The van der Waals surface area contributed by atoms with Crippen LogP contribution in [0.2, 0.25) is 0 Å². The third-order valence-corrected chi connectivity index (χ3v) is 5.32. The van der Waals surface area contributed by atoms with Gasteiger partial charge in [0.15, 0.2) is 0 Å². The lowest BCUT2D eigenvalue weighted by Crippen LogP contribution is -2.38. The lowest BCUT2D eigenvalue weighted by atomic mass is 9.75. The first-order valence-electron chi connectivity index (χ1n) is 9.71. The van der Waals surface area contributed by atoms with Gasteiger partial charge in [-0.05, 0) is 67.1 Å². The lowest BCUT2D eigenvalue weighted by molar-refractivity contribution is 0.0378. The molecule has 2 aromatic carbocycles. The van der Waals surface area contributed by atoms with Crippen molar-refractivity contribution in [2.45, 2.75) is 37.9 Å². The van der Waals surface area contributed by atoms with E-state index in [0.717, 1.165) is 11.6 Å². The molecule has 3 aromatic rings. The van der Waals surface area contributed by atoms with E-state index < -0.39 is 29.6 Å². The Morgan fingerprint density at radius 2 is 1.90 bits per heavy atom. The maximum Gasteiger partial charge on any atom is 0.407 e. The van der Waals surface area contributed by atoms with Gasteiger partial charge < -0.3 is 20.1 Å². The Morgan fingerprint density at radius 1 is 1.20 bits per heavy atom. The number of H-pyrrole nitrogens is 1. The fraction of sp³-hybridized carbons (Fsp3) is 0.318. The van der Waals surface area contributed by atoms with Crippen LogP contribution >= 0.6 is 0 Å². The number of aliphatic hydroxyl groups excluding tert-OH is 1. The number of ether oxygens (including phenoxy) is 1. The predicted molar refractivity (Wildman–Crippen MR) is 106 cm³/mol. The minimum atomic E-state index is -0.704. The third kappa shape index (κ3) is 4.00. The number of hydrogen-bond acceptors (Lipinski definition) is 3. The summed E-state index contributed by atoms with van der Waals surface area (Å²) in [5.74, 6) is -1.87. The second-order valence-corrected chi connectivity index (χ2v) is 7.66. The van der Waals surface area contributed by atoms with Crippen molar-refractivity contribution in [2.24, 2.45) is 0 Å². The van der Waals surface area contributed by atoms with Gasteiger partial charge in [-0.1, -0.05) is 0 Å². The Hall–Kier alpha value is -3.00. The molecule has 1 aliphatic carbocycles. The zero-order valence-corrected chi connectivity index (χ0v) is 16.2. The summed E-state index contributed by atoms with van der Waals surface area (Å²) >= 11 is 0. The Bertz CT molecular complexity index is 1070. The van der Waals surface area contributed by atoms with Gasteiger partial charge in [-0.15, -0.1) is 0 Å². The number of rotatable bonds is 5. The highest BCUT2D eigenvalue weighted by atomic mass is 19.1. The van der Waals surface area contributed by atoms with E-state index in [2.05, 4.69) is 10.3 Å². The molecule has 1 fully saturated rings. The highest BCUT2D eigenvalue weighted by molar-refractivity contribution is 5.92. The fourth-order valence-electron chi connectivity index (χ4n) is 3.83. The number of benzene rings is 2. The van der Waals surface area contributed by atoms with Crippen molar-refractivity contribution in [2.75, 3.05) is 6.54 Å². The maximum absolute atomic E-state index is 14.4. The molecule has 0 spiro atoms. The maximum atomic E-state index is 14.4. The van der Waals surface area contributed by atoms with Gasteiger partial charge in [-0.2, -0.15) is 0 Å². The van der Waals surface area contributed by atoms with Gasteiger partial charge in [-0.25, -0.2) is 18.0 Å². The zero-order valence-electron chi connectivity index (χ0n) is 16.2. The van der Waals surface area contributed by atoms with Crippen LogP contribution in [0.1, 0.15) is 31.2 Å². The van der Waals surface area contributed by atoms with Crippen LogP contribution in [0.15, 0.2) is 36.4 Å². The standard InChI is InChI=1S/C22H21F3N2O3/c1-11(28)10-26-22(29)30-16-6-13(7-16)19-17-8-15(24)9-18(25)21(17)27-20(19)12-2-4-14(23)5-3-12/h2-5,8-9,11,13,16,27-28H,6-7,10H2,1H3,(H,26,29)/t11-,13?,16?/m0/s1.